The summed E-state index contributed by atoms with van der Waals surface area (Å²) in [5.41, 5.74) is 0.253. The molecule has 0 saturated carbocycles. The molecule has 0 unspecified atom stereocenters. The van der Waals surface area contributed by atoms with Crippen molar-refractivity contribution in [3.05, 3.63) is 41.7 Å². The maximum Gasteiger partial charge on any atom is 0.149 e. The van der Waals surface area contributed by atoms with Gasteiger partial charge in [0.25, 0.3) is 0 Å². The lowest BCUT2D eigenvalue weighted by Crippen LogP contribution is -1.99. The molecule has 2 aromatic rings. The van der Waals surface area contributed by atoms with E-state index in [0.717, 1.165) is 22.9 Å². The Labute approximate surface area is 90.1 Å². The van der Waals surface area contributed by atoms with Gasteiger partial charge in [-0.3, -0.25) is 0 Å². The molecular weight excluding hydrogens is 216 g/mol. The van der Waals surface area contributed by atoms with Crippen LogP contribution in [0.4, 0.5) is 8.78 Å². The van der Waals surface area contributed by atoms with Crippen molar-refractivity contribution >= 4 is 0 Å². The molecule has 0 aliphatic carbocycles. The summed E-state index contributed by atoms with van der Waals surface area (Å²) in [7, 11) is 0. The van der Waals surface area contributed by atoms with Gasteiger partial charge < -0.3 is 5.11 Å². The molecule has 1 N–H and O–H groups in total. The molecule has 6 heteroatoms. The number of hydrogen-bond acceptors (Lipinski definition) is 3. The van der Waals surface area contributed by atoms with Gasteiger partial charge in [0.05, 0.1) is 12.3 Å². The molecule has 0 aliphatic rings. The van der Waals surface area contributed by atoms with Gasteiger partial charge in [0.1, 0.15) is 23.0 Å². The van der Waals surface area contributed by atoms with E-state index >= 15 is 0 Å². The van der Waals surface area contributed by atoms with Gasteiger partial charge >= 0.3 is 0 Å². The third-order valence-corrected chi connectivity index (χ3v) is 2.09. The fourth-order valence-electron chi connectivity index (χ4n) is 1.25. The summed E-state index contributed by atoms with van der Waals surface area (Å²) in [4.78, 5) is 0. The third kappa shape index (κ3) is 1.92. The maximum absolute atomic E-state index is 13.3. The molecule has 0 amide bonds. The summed E-state index contributed by atoms with van der Waals surface area (Å²) in [5, 5.41) is 16.5. The highest BCUT2D eigenvalue weighted by molar-refractivity contribution is 5.33. The molecule has 0 radical (unpaired) electrons. The quantitative estimate of drug-likeness (QED) is 0.844. The maximum atomic E-state index is 13.3. The zero-order valence-corrected chi connectivity index (χ0v) is 8.43. The molecular formula is C10H9F2N3O. The SMILES string of the molecule is C[C@@H](O)c1cn(-c2cc(F)ccc2F)nn1. The van der Waals surface area contributed by atoms with Gasteiger partial charge in [0.2, 0.25) is 0 Å². The number of aromatic nitrogens is 3. The highest BCUT2D eigenvalue weighted by Gasteiger charge is 2.11. The van der Waals surface area contributed by atoms with Crippen molar-refractivity contribution in [2.45, 2.75) is 13.0 Å². The van der Waals surface area contributed by atoms with Crippen molar-refractivity contribution < 1.29 is 13.9 Å². The van der Waals surface area contributed by atoms with E-state index in [2.05, 4.69) is 10.3 Å². The van der Waals surface area contributed by atoms with Gasteiger partial charge in [-0.1, -0.05) is 5.21 Å². The van der Waals surface area contributed by atoms with Gasteiger partial charge in [-0.15, -0.1) is 5.10 Å². The molecule has 4 nitrogen and oxygen atoms in total. The Bertz CT molecular complexity index is 511. The fraction of sp³-hybridized carbons (Fsp3) is 0.200. The number of aliphatic hydroxyl groups excluding tert-OH is 1. The highest BCUT2D eigenvalue weighted by atomic mass is 19.1. The van der Waals surface area contributed by atoms with Crippen LogP contribution in [-0.2, 0) is 0 Å². The monoisotopic (exact) mass is 225 g/mol. The van der Waals surface area contributed by atoms with E-state index < -0.39 is 17.7 Å². The minimum Gasteiger partial charge on any atom is -0.387 e. The zero-order valence-electron chi connectivity index (χ0n) is 8.43. The van der Waals surface area contributed by atoms with Gasteiger partial charge in [0, 0.05) is 6.07 Å². The van der Waals surface area contributed by atoms with Gasteiger partial charge in [-0.2, -0.15) is 0 Å². The van der Waals surface area contributed by atoms with E-state index in [1.54, 1.807) is 0 Å². The first-order valence-corrected chi connectivity index (χ1v) is 4.63. The van der Waals surface area contributed by atoms with Crippen LogP contribution in [0.15, 0.2) is 24.4 Å². The second-order valence-electron chi connectivity index (χ2n) is 3.36. The lowest BCUT2D eigenvalue weighted by molar-refractivity contribution is 0.194. The van der Waals surface area contributed by atoms with Gasteiger partial charge in [-0.05, 0) is 19.1 Å². The summed E-state index contributed by atoms with van der Waals surface area (Å²) in [6.45, 7) is 1.51. The molecule has 0 saturated heterocycles. The molecule has 1 aromatic carbocycles. The molecule has 0 bridgehead atoms. The van der Waals surface area contributed by atoms with E-state index in [4.69, 9.17) is 0 Å². The molecule has 0 aliphatic heterocycles. The van der Waals surface area contributed by atoms with E-state index in [1.807, 2.05) is 0 Å². The molecule has 1 heterocycles. The smallest absolute Gasteiger partial charge is 0.149 e. The Morgan fingerprint density at radius 3 is 2.75 bits per heavy atom. The second-order valence-corrected chi connectivity index (χ2v) is 3.36. The summed E-state index contributed by atoms with van der Waals surface area (Å²) < 4.78 is 27.4. The van der Waals surface area contributed by atoms with Crippen LogP contribution in [-0.4, -0.2) is 20.1 Å². The van der Waals surface area contributed by atoms with E-state index in [-0.39, 0.29) is 5.69 Å². The van der Waals surface area contributed by atoms with Crippen LogP contribution >= 0.6 is 0 Å². The van der Waals surface area contributed by atoms with Crippen LogP contribution in [0.25, 0.3) is 5.69 Å². The van der Waals surface area contributed by atoms with Gasteiger partial charge in [0.15, 0.2) is 0 Å². The lowest BCUT2D eigenvalue weighted by Gasteiger charge is -2.01. The number of halogens is 2. The number of rotatable bonds is 2. The Kier molecular flexibility index (Phi) is 2.66. The normalized spacial score (nSPS) is 12.8. The van der Waals surface area contributed by atoms with Crippen LogP contribution in [0, 0.1) is 11.6 Å². The van der Waals surface area contributed by atoms with E-state index in [9.17, 15) is 13.9 Å². The van der Waals surface area contributed by atoms with Gasteiger partial charge in [-0.25, -0.2) is 13.5 Å². The minimum absolute atomic E-state index is 0.0422. The second kappa shape index (κ2) is 3.97. The predicted octanol–water partition coefficient (Wildman–Crippen LogP) is 1.60. The Morgan fingerprint density at radius 2 is 2.12 bits per heavy atom. The molecule has 0 spiro atoms. The lowest BCUT2D eigenvalue weighted by atomic mass is 10.3. The number of aliphatic hydroxyl groups is 1. The largest absolute Gasteiger partial charge is 0.387 e. The summed E-state index contributed by atoms with van der Waals surface area (Å²) in [6, 6.07) is 3.04. The Balaban J connectivity index is 2.46. The molecule has 1 atom stereocenters. The van der Waals surface area contributed by atoms with Crippen molar-refractivity contribution in [2.75, 3.05) is 0 Å². The average molecular weight is 225 g/mol. The molecule has 0 fully saturated rings. The highest BCUT2D eigenvalue weighted by Crippen LogP contribution is 2.15. The molecule has 84 valence electrons. The summed E-state index contributed by atoms with van der Waals surface area (Å²) in [5.74, 6) is -1.17. The zero-order chi connectivity index (χ0) is 11.7. The van der Waals surface area contributed by atoms with Crippen LogP contribution in [0.5, 0.6) is 0 Å². The molecule has 2 rings (SSSR count). The Hall–Kier alpha value is -1.82. The summed E-state index contributed by atoms with van der Waals surface area (Å²) in [6.07, 6.45) is 0.549. The van der Waals surface area contributed by atoms with Crippen LogP contribution in [0.2, 0.25) is 0 Å². The predicted molar refractivity (Wildman–Crippen MR) is 51.9 cm³/mol. The van der Waals surface area contributed by atoms with E-state index in [0.29, 0.717) is 5.69 Å². The first-order chi connectivity index (χ1) is 7.58. The number of hydrogen-bond donors (Lipinski definition) is 1. The first kappa shape index (κ1) is 10.7. The number of benzene rings is 1. The van der Waals surface area contributed by atoms with E-state index in [1.165, 1.54) is 13.1 Å². The average Bonchev–Trinajstić information content (AvgIpc) is 2.70. The molecule has 1 aromatic heterocycles. The Morgan fingerprint density at radius 1 is 1.38 bits per heavy atom. The first-order valence-electron chi connectivity index (χ1n) is 4.63. The van der Waals surface area contributed by atoms with Crippen molar-refractivity contribution in [3.8, 4) is 5.69 Å². The van der Waals surface area contributed by atoms with Crippen molar-refractivity contribution in [1.29, 1.82) is 0 Å². The van der Waals surface area contributed by atoms with Crippen molar-refractivity contribution in [3.63, 3.8) is 0 Å². The van der Waals surface area contributed by atoms with Crippen LogP contribution < -0.4 is 0 Å². The fourth-order valence-corrected chi connectivity index (χ4v) is 1.25. The van der Waals surface area contributed by atoms with Crippen LogP contribution in [0.1, 0.15) is 18.7 Å². The standard InChI is InChI=1S/C10H9F2N3O/c1-6(16)9-5-15(14-13-9)10-4-7(11)2-3-8(10)12/h2-6,16H,1H3/t6-/m1/s1. The van der Waals surface area contributed by atoms with Crippen LogP contribution in [0.3, 0.4) is 0 Å². The third-order valence-electron chi connectivity index (χ3n) is 2.09. The summed E-state index contributed by atoms with van der Waals surface area (Å²) >= 11 is 0. The van der Waals surface area contributed by atoms with Crippen molar-refractivity contribution in [2.24, 2.45) is 0 Å². The number of nitrogens with zero attached hydrogens (tertiary/aromatic N) is 3. The molecule has 16 heavy (non-hydrogen) atoms. The van der Waals surface area contributed by atoms with Crippen molar-refractivity contribution in [1.82, 2.24) is 15.0 Å². The topological polar surface area (TPSA) is 50.9 Å². The minimum atomic E-state index is -0.801.